The second kappa shape index (κ2) is 13.3. The van der Waals surface area contributed by atoms with Crippen LogP contribution in [-0.2, 0) is 4.79 Å². The highest BCUT2D eigenvalue weighted by molar-refractivity contribution is 7.21. The van der Waals surface area contributed by atoms with Gasteiger partial charge in [0.25, 0.3) is 11.8 Å². The standard InChI is InChI=1S/C35H33N7O6S/c1-20-16-24(48-23-9-5-4-6-10-23)11-12-25(20)42-26-13-14-37-31-27(26)28(39-33(42)45)29(49-31)30(43)38-22-8-7-15-41(19-22)32(44)21(18-36)17-35(2,3)40-34(46)47/h4-6,9-14,16-17,22,40H,7-8,15,19H2,1-3H3,(H,38,43)(H,39,45)(H,46,47). The number of hydrogen-bond donors (Lipinski definition) is 4. The number of urea groups is 1. The SMILES string of the molecule is Cc1cc(Oc2ccccc2)ccc1N1C(=O)Nc2c(C(=O)NC3CCCN(C(=O)C(C#N)=CC(C)(C)NC(=O)O)C3)sc3nccc1c23. The highest BCUT2D eigenvalue weighted by atomic mass is 32.1. The van der Waals surface area contributed by atoms with Crippen LogP contribution in [0.3, 0.4) is 0 Å². The van der Waals surface area contributed by atoms with Crippen LogP contribution in [0.2, 0.25) is 0 Å². The van der Waals surface area contributed by atoms with Crippen LogP contribution < -0.4 is 25.6 Å². The van der Waals surface area contributed by atoms with Crippen LogP contribution in [0, 0.1) is 18.3 Å². The normalized spacial score (nSPS) is 16.1. The van der Waals surface area contributed by atoms with Gasteiger partial charge in [-0.1, -0.05) is 18.2 Å². The van der Waals surface area contributed by atoms with Gasteiger partial charge in [0.2, 0.25) is 0 Å². The predicted octanol–water partition coefficient (Wildman–Crippen LogP) is 6.30. The summed E-state index contributed by atoms with van der Waals surface area (Å²) in [5.74, 6) is 0.357. The molecule has 5 amide bonds. The number of carbonyl (C=O) groups excluding carboxylic acids is 3. The molecule has 13 nitrogen and oxygen atoms in total. The molecule has 49 heavy (non-hydrogen) atoms. The number of aryl methyl sites for hydroxylation is 1. The number of anilines is 3. The number of hydrogen-bond acceptors (Lipinski definition) is 8. The fourth-order valence-electron chi connectivity index (χ4n) is 6.07. The number of ether oxygens (including phenoxy) is 1. The Hall–Kier alpha value is -5.94. The van der Waals surface area contributed by atoms with Gasteiger partial charge in [0.15, 0.2) is 0 Å². The molecule has 2 aliphatic heterocycles. The quantitative estimate of drug-likeness (QED) is 0.124. The molecular weight excluding hydrogens is 646 g/mol. The average molecular weight is 680 g/mol. The molecule has 4 heterocycles. The smallest absolute Gasteiger partial charge is 0.405 e. The number of likely N-dealkylation sites (tertiary alicyclic amines) is 1. The molecule has 0 aliphatic carbocycles. The van der Waals surface area contributed by atoms with Crippen LogP contribution in [0.1, 0.15) is 41.9 Å². The second-order valence-electron chi connectivity index (χ2n) is 12.3. The first kappa shape index (κ1) is 33.0. The molecule has 1 fully saturated rings. The van der Waals surface area contributed by atoms with Gasteiger partial charge in [0.1, 0.15) is 32.8 Å². The minimum Gasteiger partial charge on any atom is -0.465 e. The van der Waals surface area contributed by atoms with Crippen LogP contribution in [0.15, 0.2) is 72.4 Å². The zero-order chi connectivity index (χ0) is 34.9. The number of aromatic nitrogens is 1. The van der Waals surface area contributed by atoms with Crippen molar-refractivity contribution in [2.75, 3.05) is 23.3 Å². The largest absolute Gasteiger partial charge is 0.465 e. The van der Waals surface area contributed by atoms with Crippen LogP contribution >= 0.6 is 11.3 Å². The zero-order valence-corrected chi connectivity index (χ0v) is 27.8. The lowest BCUT2D eigenvalue weighted by Crippen LogP contribution is -2.50. The predicted molar refractivity (Wildman–Crippen MR) is 184 cm³/mol. The third-order valence-corrected chi connectivity index (χ3v) is 9.27. The van der Waals surface area contributed by atoms with Crippen LogP contribution in [0.4, 0.5) is 26.7 Å². The highest BCUT2D eigenvalue weighted by Crippen LogP contribution is 2.46. The van der Waals surface area contributed by atoms with E-state index in [-0.39, 0.29) is 17.0 Å². The van der Waals surface area contributed by atoms with Crippen LogP contribution in [0.25, 0.3) is 10.2 Å². The summed E-state index contributed by atoms with van der Waals surface area (Å²) in [6.07, 6.45) is 2.79. The summed E-state index contributed by atoms with van der Waals surface area (Å²) in [7, 11) is 0. The topological polar surface area (TPSA) is 177 Å². The van der Waals surface area contributed by atoms with E-state index in [1.165, 1.54) is 11.0 Å². The van der Waals surface area contributed by atoms with Crippen molar-refractivity contribution in [3.63, 3.8) is 0 Å². The fraction of sp³-hybridized carbons (Fsp3) is 0.257. The number of carboxylic acid groups (broad SMARTS) is 1. The Bertz CT molecular complexity index is 2050. The molecule has 0 saturated carbocycles. The molecule has 0 radical (unpaired) electrons. The second-order valence-corrected chi connectivity index (χ2v) is 13.3. The summed E-state index contributed by atoms with van der Waals surface area (Å²) in [6.45, 7) is 5.51. The highest BCUT2D eigenvalue weighted by Gasteiger charge is 2.35. The Morgan fingerprint density at radius 1 is 1.14 bits per heavy atom. The monoisotopic (exact) mass is 679 g/mol. The number of carbonyl (C=O) groups is 4. The molecule has 1 saturated heterocycles. The fourth-order valence-corrected chi connectivity index (χ4v) is 7.09. The van der Waals surface area contributed by atoms with Gasteiger partial charge in [-0.2, -0.15) is 5.26 Å². The molecule has 14 heteroatoms. The third-order valence-electron chi connectivity index (χ3n) is 8.17. The maximum absolute atomic E-state index is 13.7. The maximum atomic E-state index is 13.7. The van der Waals surface area contributed by atoms with E-state index in [1.807, 2.05) is 55.5 Å². The number of thiophene rings is 1. The van der Waals surface area contributed by atoms with E-state index in [0.29, 0.717) is 58.2 Å². The van der Waals surface area contributed by atoms with Crippen molar-refractivity contribution in [2.24, 2.45) is 0 Å². The third kappa shape index (κ3) is 6.88. The Kier molecular flexibility index (Phi) is 8.94. The Morgan fingerprint density at radius 2 is 1.92 bits per heavy atom. The molecule has 2 aromatic carbocycles. The van der Waals surface area contributed by atoms with Gasteiger partial charge in [0.05, 0.1) is 28.0 Å². The van der Waals surface area contributed by atoms with E-state index in [4.69, 9.17) is 9.84 Å². The van der Waals surface area contributed by atoms with E-state index in [1.54, 1.807) is 37.1 Å². The maximum Gasteiger partial charge on any atom is 0.405 e. The van der Waals surface area contributed by atoms with Crippen molar-refractivity contribution in [3.05, 3.63) is 82.9 Å². The number of piperidine rings is 1. The van der Waals surface area contributed by atoms with Gasteiger partial charge in [-0.25, -0.2) is 14.6 Å². The Labute approximate surface area is 285 Å². The molecule has 1 unspecified atom stereocenters. The summed E-state index contributed by atoms with van der Waals surface area (Å²) >= 11 is 1.16. The molecule has 2 aliphatic rings. The Balaban J connectivity index is 1.21. The molecule has 0 bridgehead atoms. The number of nitrogens with one attached hydrogen (secondary N) is 3. The molecule has 6 rings (SSSR count). The van der Waals surface area contributed by atoms with E-state index >= 15 is 0 Å². The van der Waals surface area contributed by atoms with Crippen molar-refractivity contribution < 1.29 is 29.0 Å². The van der Waals surface area contributed by atoms with Gasteiger partial charge in [0, 0.05) is 25.3 Å². The minimum atomic E-state index is -1.28. The van der Waals surface area contributed by atoms with Gasteiger partial charge in [-0.3, -0.25) is 14.5 Å². The molecule has 2 aromatic heterocycles. The summed E-state index contributed by atoms with van der Waals surface area (Å²) in [5.41, 5.74) is 1.06. The Morgan fingerprint density at radius 3 is 2.63 bits per heavy atom. The number of rotatable bonds is 8. The number of pyridine rings is 1. The summed E-state index contributed by atoms with van der Waals surface area (Å²) in [6, 6.07) is 17.6. The van der Waals surface area contributed by atoms with Crippen molar-refractivity contribution in [2.45, 2.75) is 45.2 Å². The number of amides is 5. The molecule has 4 aromatic rings. The van der Waals surface area contributed by atoms with Crippen molar-refractivity contribution in [1.82, 2.24) is 20.5 Å². The number of nitriles is 1. The first-order chi connectivity index (χ1) is 23.4. The number of nitrogens with zero attached hydrogens (tertiary/aromatic N) is 4. The lowest BCUT2D eigenvalue weighted by atomic mass is 9.99. The molecule has 250 valence electrons. The number of benzene rings is 2. The van der Waals surface area contributed by atoms with Gasteiger partial charge < -0.3 is 30.7 Å². The summed E-state index contributed by atoms with van der Waals surface area (Å²) in [5, 5.41) is 27.6. The van der Waals surface area contributed by atoms with E-state index in [0.717, 1.165) is 16.9 Å². The lowest BCUT2D eigenvalue weighted by molar-refractivity contribution is -0.128. The lowest BCUT2D eigenvalue weighted by Gasteiger charge is -2.33. The van der Waals surface area contributed by atoms with Crippen molar-refractivity contribution in [1.29, 1.82) is 5.26 Å². The van der Waals surface area contributed by atoms with Crippen molar-refractivity contribution >= 4 is 62.6 Å². The van der Waals surface area contributed by atoms with E-state index in [9.17, 15) is 24.4 Å². The van der Waals surface area contributed by atoms with Crippen LogP contribution in [0.5, 0.6) is 11.5 Å². The van der Waals surface area contributed by atoms with Gasteiger partial charge >= 0.3 is 12.1 Å². The summed E-state index contributed by atoms with van der Waals surface area (Å²) in [4.78, 5) is 60.2. The van der Waals surface area contributed by atoms with Crippen LogP contribution in [-0.4, -0.2) is 63.6 Å². The minimum absolute atomic E-state index is 0.156. The van der Waals surface area contributed by atoms with E-state index < -0.39 is 35.5 Å². The van der Waals surface area contributed by atoms with Gasteiger partial charge in [-0.05, 0) is 81.7 Å². The summed E-state index contributed by atoms with van der Waals surface area (Å²) < 4.78 is 5.97. The first-order valence-corrected chi connectivity index (χ1v) is 16.4. The molecule has 1 atom stereocenters. The number of para-hydroxylation sites is 1. The zero-order valence-electron chi connectivity index (χ0n) is 26.9. The van der Waals surface area contributed by atoms with Crippen molar-refractivity contribution in [3.8, 4) is 17.6 Å². The van der Waals surface area contributed by atoms with E-state index in [2.05, 4.69) is 20.9 Å². The van der Waals surface area contributed by atoms with Gasteiger partial charge in [-0.15, -0.1) is 11.3 Å². The first-order valence-electron chi connectivity index (χ1n) is 15.5. The molecule has 0 spiro atoms. The average Bonchev–Trinajstić information content (AvgIpc) is 3.43. The molecular formula is C35H33N7O6S. The molecule has 4 N–H and O–H groups in total.